The van der Waals surface area contributed by atoms with Gasteiger partial charge in [-0.2, -0.15) is 0 Å². The summed E-state index contributed by atoms with van der Waals surface area (Å²) in [4.78, 5) is 5.87. The van der Waals surface area contributed by atoms with Crippen molar-refractivity contribution in [2.75, 3.05) is 13.1 Å². The van der Waals surface area contributed by atoms with E-state index in [9.17, 15) is 5.11 Å². The van der Waals surface area contributed by atoms with Gasteiger partial charge in [-0.05, 0) is 19.3 Å². The standard InChI is InChI=1S/C12H18N4O2/c13-7-11(14)16-6-2-3-9(8-16)18-12-10(17)4-1-5-15-12/h5,7,9,13-14,17H,1-4,6,8H2. The first kappa shape index (κ1) is 12.6. The van der Waals surface area contributed by atoms with Crippen LogP contribution in [-0.4, -0.2) is 47.5 Å². The van der Waals surface area contributed by atoms with Crippen molar-refractivity contribution in [2.45, 2.75) is 31.8 Å². The number of hydrogen-bond donors (Lipinski definition) is 3. The summed E-state index contributed by atoms with van der Waals surface area (Å²) in [6.45, 7) is 1.35. The summed E-state index contributed by atoms with van der Waals surface area (Å²) in [6.07, 6.45) is 5.82. The van der Waals surface area contributed by atoms with Gasteiger partial charge < -0.3 is 20.2 Å². The zero-order chi connectivity index (χ0) is 13.0. The van der Waals surface area contributed by atoms with Crippen LogP contribution in [0.4, 0.5) is 0 Å². The highest BCUT2D eigenvalue weighted by atomic mass is 16.5. The molecule has 6 heteroatoms. The normalized spacial score (nSPS) is 24.0. The molecule has 0 bridgehead atoms. The fourth-order valence-electron chi connectivity index (χ4n) is 2.13. The van der Waals surface area contributed by atoms with Crippen molar-refractivity contribution >= 4 is 18.3 Å². The lowest BCUT2D eigenvalue weighted by molar-refractivity contribution is 0.0545. The van der Waals surface area contributed by atoms with Crippen molar-refractivity contribution < 1.29 is 9.84 Å². The Balaban J connectivity index is 1.95. The summed E-state index contributed by atoms with van der Waals surface area (Å²) in [5.41, 5.74) is 0. The largest absolute Gasteiger partial charge is 0.507 e. The lowest BCUT2D eigenvalue weighted by Crippen LogP contribution is -2.43. The quantitative estimate of drug-likeness (QED) is 0.525. The molecule has 0 radical (unpaired) electrons. The Bertz CT molecular complexity index is 403. The van der Waals surface area contributed by atoms with Crippen molar-refractivity contribution in [1.29, 1.82) is 10.8 Å². The Hall–Kier alpha value is -1.85. The van der Waals surface area contributed by atoms with E-state index in [1.807, 2.05) is 4.90 Å². The predicted octanol–water partition coefficient (Wildman–Crippen LogP) is 1.69. The molecule has 1 fully saturated rings. The van der Waals surface area contributed by atoms with E-state index in [0.29, 0.717) is 18.8 Å². The summed E-state index contributed by atoms with van der Waals surface area (Å²) in [7, 11) is 0. The van der Waals surface area contributed by atoms with Crippen LogP contribution in [0.2, 0.25) is 0 Å². The summed E-state index contributed by atoms with van der Waals surface area (Å²) < 4.78 is 5.69. The SMILES string of the molecule is N=CC(=N)N1CCCC(OC2=C(O)CCC=N2)C1. The minimum absolute atomic E-state index is 0.0774. The van der Waals surface area contributed by atoms with Crippen LogP contribution in [0, 0.1) is 10.8 Å². The summed E-state index contributed by atoms with van der Waals surface area (Å²) in [6, 6.07) is 0. The van der Waals surface area contributed by atoms with E-state index in [0.717, 1.165) is 32.0 Å². The average molecular weight is 250 g/mol. The molecule has 0 saturated carbocycles. The lowest BCUT2D eigenvalue weighted by Gasteiger charge is -2.33. The molecule has 3 N–H and O–H groups in total. The number of aliphatic hydroxyl groups excluding tert-OH is 1. The summed E-state index contributed by atoms with van der Waals surface area (Å²) >= 11 is 0. The van der Waals surface area contributed by atoms with E-state index in [4.69, 9.17) is 15.6 Å². The van der Waals surface area contributed by atoms with E-state index in [2.05, 4.69) is 4.99 Å². The van der Waals surface area contributed by atoms with Crippen LogP contribution in [0.5, 0.6) is 0 Å². The molecule has 2 aliphatic heterocycles. The second-order valence-corrected chi connectivity index (χ2v) is 4.46. The third kappa shape index (κ3) is 2.88. The van der Waals surface area contributed by atoms with Crippen LogP contribution < -0.4 is 0 Å². The number of nitrogens with one attached hydrogen (secondary N) is 2. The van der Waals surface area contributed by atoms with Gasteiger partial charge in [0.25, 0.3) is 5.88 Å². The zero-order valence-corrected chi connectivity index (χ0v) is 10.2. The van der Waals surface area contributed by atoms with Crippen LogP contribution in [0.1, 0.15) is 25.7 Å². The van der Waals surface area contributed by atoms with E-state index in [1.54, 1.807) is 6.21 Å². The van der Waals surface area contributed by atoms with Gasteiger partial charge in [0.2, 0.25) is 0 Å². The van der Waals surface area contributed by atoms with Gasteiger partial charge in [-0.1, -0.05) is 0 Å². The zero-order valence-electron chi connectivity index (χ0n) is 10.2. The smallest absolute Gasteiger partial charge is 0.252 e. The van der Waals surface area contributed by atoms with E-state index in [1.165, 1.54) is 0 Å². The van der Waals surface area contributed by atoms with Crippen LogP contribution in [-0.2, 0) is 4.74 Å². The maximum absolute atomic E-state index is 9.67. The van der Waals surface area contributed by atoms with Crippen molar-refractivity contribution in [3.05, 3.63) is 11.6 Å². The van der Waals surface area contributed by atoms with Crippen molar-refractivity contribution in [3.63, 3.8) is 0 Å². The second-order valence-electron chi connectivity index (χ2n) is 4.46. The molecule has 1 unspecified atom stereocenters. The Labute approximate surface area is 106 Å². The Morgan fingerprint density at radius 3 is 3.17 bits per heavy atom. The Morgan fingerprint density at radius 2 is 2.44 bits per heavy atom. The maximum atomic E-state index is 9.67. The minimum atomic E-state index is -0.0774. The lowest BCUT2D eigenvalue weighted by atomic mass is 10.1. The van der Waals surface area contributed by atoms with Gasteiger partial charge in [0, 0.05) is 19.2 Å². The first-order chi connectivity index (χ1) is 8.70. The van der Waals surface area contributed by atoms with Gasteiger partial charge in [0.1, 0.15) is 11.9 Å². The van der Waals surface area contributed by atoms with Crippen LogP contribution >= 0.6 is 0 Å². The number of rotatable bonds is 3. The first-order valence-corrected chi connectivity index (χ1v) is 6.16. The Morgan fingerprint density at radius 1 is 1.61 bits per heavy atom. The van der Waals surface area contributed by atoms with Gasteiger partial charge in [-0.25, -0.2) is 4.99 Å². The number of likely N-dealkylation sites (tertiary alicyclic amines) is 1. The van der Waals surface area contributed by atoms with Gasteiger partial charge in [0.15, 0.2) is 5.76 Å². The molecule has 0 aromatic rings. The third-order valence-electron chi connectivity index (χ3n) is 3.10. The van der Waals surface area contributed by atoms with E-state index < -0.39 is 0 Å². The summed E-state index contributed by atoms with van der Waals surface area (Å²) in [5, 5.41) is 24.4. The van der Waals surface area contributed by atoms with Crippen molar-refractivity contribution in [2.24, 2.45) is 4.99 Å². The number of aliphatic imine (C=N–C) groups is 1. The van der Waals surface area contributed by atoms with Crippen molar-refractivity contribution in [3.8, 4) is 0 Å². The molecular formula is C12H18N4O2. The van der Waals surface area contributed by atoms with Gasteiger partial charge >= 0.3 is 0 Å². The van der Waals surface area contributed by atoms with Gasteiger partial charge in [-0.3, -0.25) is 5.41 Å². The molecule has 0 aliphatic carbocycles. The minimum Gasteiger partial charge on any atom is -0.507 e. The van der Waals surface area contributed by atoms with Crippen LogP contribution in [0.3, 0.4) is 0 Å². The highest BCUT2D eigenvalue weighted by Gasteiger charge is 2.24. The van der Waals surface area contributed by atoms with Crippen LogP contribution in [0.15, 0.2) is 16.6 Å². The van der Waals surface area contributed by atoms with Crippen LogP contribution in [0.25, 0.3) is 0 Å². The molecule has 98 valence electrons. The second kappa shape index (κ2) is 5.66. The molecule has 0 spiro atoms. The molecule has 0 aromatic heterocycles. The van der Waals surface area contributed by atoms with E-state index >= 15 is 0 Å². The molecule has 18 heavy (non-hydrogen) atoms. The highest BCUT2D eigenvalue weighted by molar-refractivity contribution is 6.26. The number of piperidine rings is 1. The van der Waals surface area contributed by atoms with Gasteiger partial charge in [0.05, 0.1) is 12.8 Å². The molecule has 2 rings (SSSR count). The number of nitrogens with zero attached hydrogens (tertiary/aromatic N) is 2. The third-order valence-corrected chi connectivity index (χ3v) is 3.10. The van der Waals surface area contributed by atoms with Gasteiger partial charge in [-0.15, -0.1) is 0 Å². The molecule has 6 nitrogen and oxygen atoms in total. The average Bonchev–Trinajstić information content (AvgIpc) is 2.41. The Kier molecular flexibility index (Phi) is 3.96. The number of aliphatic hydroxyl groups is 1. The molecular weight excluding hydrogens is 232 g/mol. The van der Waals surface area contributed by atoms with E-state index in [-0.39, 0.29) is 17.7 Å². The molecule has 2 aliphatic rings. The molecule has 2 heterocycles. The predicted molar refractivity (Wildman–Crippen MR) is 69.6 cm³/mol. The first-order valence-electron chi connectivity index (χ1n) is 6.16. The molecule has 1 saturated heterocycles. The fraction of sp³-hybridized carbons (Fsp3) is 0.583. The topological polar surface area (TPSA) is 92.8 Å². The highest BCUT2D eigenvalue weighted by Crippen LogP contribution is 2.21. The number of hydrogen-bond acceptors (Lipinski definition) is 5. The maximum Gasteiger partial charge on any atom is 0.252 e. The fourth-order valence-corrected chi connectivity index (χ4v) is 2.13. The number of allylic oxidation sites excluding steroid dienone is 1. The number of ether oxygens (including phenoxy) is 1. The molecule has 1 atom stereocenters. The molecule has 0 aromatic carbocycles. The number of amidine groups is 1. The monoisotopic (exact) mass is 250 g/mol. The van der Waals surface area contributed by atoms with Crippen molar-refractivity contribution in [1.82, 2.24) is 4.90 Å². The molecule has 0 amide bonds. The summed E-state index contributed by atoms with van der Waals surface area (Å²) in [5.74, 6) is 0.722.